The highest BCUT2D eigenvalue weighted by atomic mass is 35.5. The number of amides is 1. The van der Waals surface area contributed by atoms with E-state index in [1.165, 1.54) is 23.9 Å². The largest absolute Gasteiger partial charge is 0.506 e. The first-order chi connectivity index (χ1) is 12.4. The van der Waals surface area contributed by atoms with Crippen LogP contribution in [0.25, 0.3) is 0 Å². The van der Waals surface area contributed by atoms with Crippen LogP contribution in [0.4, 0.5) is 0 Å². The molecular formula is C19H20Cl2N2O3. The second-order valence-electron chi connectivity index (χ2n) is 5.79. The smallest absolute Gasteiger partial charge is 0.277 e. The van der Waals surface area contributed by atoms with Gasteiger partial charge in [-0.1, -0.05) is 49.2 Å². The predicted molar refractivity (Wildman–Crippen MR) is 105 cm³/mol. The van der Waals surface area contributed by atoms with Gasteiger partial charge < -0.3 is 9.84 Å². The van der Waals surface area contributed by atoms with Gasteiger partial charge in [-0.2, -0.15) is 5.10 Å². The molecule has 0 spiro atoms. The molecule has 2 rings (SSSR count). The van der Waals surface area contributed by atoms with E-state index < -0.39 is 5.91 Å². The van der Waals surface area contributed by atoms with E-state index in [0.717, 1.165) is 6.42 Å². The topological polar surface area (TPSA) is 70.9 Å². The molecule has 1 amide bonds. The van der Waals surface area contributed by atoms with E-state index in [1.54, 1.807) is 0 Å². The van der Waals surface area contributed by atoms with Gasteiger partial charge in [0.25, 0.3) is 5.91 Å². The van der Waals surface area contributed by atoms with Gasteiger partial charge in [-0.05, 0) is 42.2 Å². The molecule has 1 unspecified atom stereocenters. The van der Waals surface area contributed by atoms with Gasteiger partial charge in [0.05, 0.1) is 11.2 Å². The summed E-state index contributed by atoms with van der Waals surface area (Å²) in [6.45, 7) is 4.12. The van der Waals surface area contributed by atoms with Gasteiger partial charge in [-0.3, -0.25) is 4.79 Å². The zero-order valence-corrected chi connectivity index (χ0v) is 16.0. The molecule has 138 valence electrons. The van der Waals surface area contributed by atoms with Crippen molar-refractivity contribution in [1.29, 1.82) is 0 Å². The number of hydrogen-bond acceptors (Lipinski definition) is 4. The van der Waals surface area contributed by atoms with E-state index in [1.807, 2.05) is 24.3 Å². The molecule has 0 saturated heterocycles. The number of aromatic hydroxyl groups is 1. The minimum absolute atomic E-state index is 0.106. The lowest BCUT2D eigenvalue weighted by Gasteiger charge is -2.10. The average Bonchev–Trinajstić information content (AvgIpc) is 2.63. The zero-order chi connectivity index (χ0) is 19.1. The lowest BCUT2D eigenvalue weighted by atomic mass is 9.99. The quantitative estimate of drug-likeness (QED) is 0.526. The molecule has 0 heterocycles. The first-order valence-corrected chi connectivity index (χ1v) is 8.89. The Morgan fingerprint density at radius 1 is 1.31 bits per heavy atom. The molecule has 0 aliphatic heterocycles. The number of phenols is 1. The minimum atomic E-state index is -0.431. The number of hydrogen-bond donors (Lipinski definition) is 2. The average molecular weight is 395 g/mol. The van der Waals surface area contributed by atoms with Crippen molar-refractivity contribution in [1.82, 2.24) is 5.43 Å². The van der Waals surface area contributed by atoms with Crippen LogP contribution in [0.15, 0.2) is 41.5 Å². The van der Waals surface area contributed by atoms with Crippen LogP contribution in [0.5, 0.6) is 11.5 Å². The summed E-state index contributed by atoms with van der Waals surface area (Å²) in [5.74, 6) is 0.500. The predicted octanol–water partition coefficient (Wildman–Crippen LogP) is 4.74. The number of nitrogens with zero attached hydrogens (tertiary/aromatic N) is 1. The molecule has 5 nitrogen and oxygen atoms in total. The monoisotopic (exact) mass is 394 g/mol. The molecule has 2 N–H and O–H groups in total. The first kappa shape index (κ1) is 20.1. The summed E-state index contributed by atoms with van der Waals surface area (Å²) in [6.07, 6.45) is 2.32. The van der Waals surface area contributed by atoms with Crippen LogP contribution >= 0.6 is 23.2 Å². The number of ether oxygens (including phenoxy) is 1. The molecule has 0 saturated carbocycles. The van der Waals surface area contributed by atoms with E-state index >= 15 is 0 Å². The molecule has 1 atom stereocenters. The number of nitrogens with one attached hydrogen (secondary N) is 1. The SMILES string of the molecule is CCC(C)c1ccc(OCC(=O)N/N=C/c2cc(Cl)cc(Cl)c2O)cc1. The number of benzene rings is 2. The minimum Gasteiger partial charge on any atom is -0.506 e. The summed E-state index contributed by atoms with van der Waals surface area (Å²) in [5, 5.41) is 14.0. The molecular weight excluding hydrogens is 375 g/mol. The Bertz CT molecular complexity index is 792. The lowest BCUT2D eigenvalue weighted by molar-refractivity contribution is -0.123. The summed E-state index contributed by atoms with van der Waals surface area (Å²) >= 11 is 11.7. The van der Waals surface area contributed by atoms with Gasteiger partial charge >= 0.3 is 0 Å². The van der Waals surface area contributed by atoms with Crippen LogP contribution in [-0.4, -0.2) is 23.8 Å². The second kappa shape index (κ2) is 9.46. The Labute approximate surface area is 162 Å². The second-order valence-corrected chi connectivity index (χ2v) is 6.63. The summed E-state index contributed by atoms with van der Waals surface area (Å²) in [5.41, 5.74) is 3.84. The highest BCUT2D eigenvalue weighted by Gasteiger charge is 2.07. The van der Waals surface area contributed by atoms with Crippen LogP contribution in [0, 0.1) is 0 Å². The molecule has 0 bridgehead atoms. The van der Waals surface area contributed by atoms with Crippen molar-refractivity contribution in [3.63, 3.8) is 0 Å². The Hall–Kier alpha value is -2.24. The van der Waals surface area contributed by atoms with Gasteiger partial charge in [0.2, 0.25) is 0 Å². The third-order valence-electron chi connectivity index (χ3n) is 3.88. The van der Waals surface area contributed by atoms with E-state index in [-0.39, 0.29) is 17.4 Å². The highest BCUT2D eigenvalue weighted by Crippen LogP contribution is 2.29. The van der Waals surface area contributed by atoms with Crippen molar-refractivity contribution >= 4 is 35.3 Å². The van der Waals surface area contributed by atoms with E-state index in [4.69, 9.17) is 27.9 Å². The summed E-state index contributed by atoms with van der Waals surface area (Å²) in [6, 6.07) is 10.5. The summed E-state index contributed by atoms with van der Waals surface area (Å²) in [7, 11) is 0. The standard InChI is InChI=1S/C19H20Cl2N2O3/c1-3-12(2)13-4-6-16(7-5-13)26-11-18(24)23-22-10-14-8-15(20)9-17(21)19(14)25/h4-10,12,25H,3,11H2,1-2H3,(H,23,24)/b22-10+. The summed E-state index contributed by atoms with van der Waals surface area (Å²) in [4.78, 5) is 11.8. The van der Waals surface area contributed by atoms with Gasteiger partial charge in [0.15, 0.2) is 6.61 Å². The molecule has 7 heteroatoms. The van der Waals surface area contributed by atoms with Crippen LogP contribution in [0.3, 0.4) is 0 Å². The van der Waals surface area contributed by atoms with Crippen LogP contribution in [0.1, 0.15) is 37.3 Å². The van der Waals surface area contributed by atoms with Gasteiger partial charge in [-0.25, -0.2) is 5.43 Å². The van der Waals surface area contributed by atoms with E-state index in [0.29, 0.717) is 22.3 Å². The molecule has 2 aromatic rings. The highest BCUT2D eigenvalue weighted by molar-refractivity contribution is 6.36. The lowest BCUT2D eigenvalue weighted by Crippen LogP contribution is -2.24. The maximum absolute atomic E-state index is 11.8. The fourth-order valence-corrected chi connectivity index (χ4v) is 2.68. The first-order valence-electron chi connectivity index (χ1n) is 8.13. The maximum atomic E-state index is 11.8. The maximum Gasteiger partial charge on any atom is 0.277 e. The van der Waals surface area contributed by atoms with Crippen LogP contribution in [0.2, 0.25) is 10.0 Å². The molecule has 0 aromatic heterocycles. The van der Waals surface area contributed by atoms with Crippen LogP contribution < -0.4 is 10.2 Å². The van der Waals surface area contributed by atoms with Gasteiger partial charge in [0.1, 0.15) is 11.5 Å². The Morgan fingerprint density at radius 2 is 2.00 bits per heavy atom. The number of rotatable bonds is 7. The van der Waals surface area contributed by atoms with Crippen molar-refractivity contribution in [2.45, 2.75) is 26.2 Å². The van der Waals surface area contributed by atoms with Crippen molar-refractivity contribution in [2.75, 3.05) is 6.61 Å². The molecule has 2 aromatic carbocycles. The van der Waals surface area contributed by atoms with Gasteiger partial charge in [-0.15, -0.1) is 0 Å². The zero-order valence-electron chi connectivity index (χ0n) is 14.5. The van der Waals surface area contributed by atoms with Crippen LogP contribution in [-0.2, 0) is 4.79 Å². The number of halogens is 2. The van der Waals surface area contributed by atoms with Crippen molar-refractivity contribution in [3.05, 3.63) is 57.6 Å². The normalized spacial score (nSPS) is 12.2. The number of hydrazone groups is 1. The Kier molecular flexibility index (Phi) is 7.30. The fourth-order valence-electron chi connectivity index (χ4n) is 2.17. The summed E-state index contributed by atoms with van der Waals surface area (Å²) < 4.78 is 5.42. The molecule has 0 radical (unpaired) electrons. The van der Waals surface area contributed by atoms with Gasteiger partial charge in [0, 0.05) is 10.6 Å². The van der Waals surface area contributed by atoms with Crippen molar-refractivity contribution < 1.29 is 14.6 Å². The Balaban J connectivity index is 1.86. The fraction of sp³-hybridized carbons (Fsp3) is 0.263. The third-order valence-corrected chi connectivity index (χ3v) is 4.39. The van der Waals surface area contributed by atoms with Crippen molar-refractivity contribution in [2.24, 2.45) is 5.10 Å². The number of phenolic OH excluding ortho intramolecular Hbond substituents is 1. The molecule has 26 heavy (non-hydrogen) atoms. The molecule has 0 aliphatic carbocycles. The van der Waals surface area contributed by atoms with E-state index in [9.17, 15) is 9.90 Å². The Morgan fingerprint density at radius 3 is 2.65 bits per heavy atom. The number of carbonyl (C=O) groups is 1. The van der Waals surface area contributed by atoms with E-state index in [2.05, 4.69) is 24.4 Å². The molecule has 0 fully saturated rings. The van der Waals surface area contributed by atoms with Crippen molar-refractivity contribution in [3.8, 4) is 11.5 Å². The number of carbonyl (C=O) groups excluding carboxylic acids is 1. The molecule has 0 aliphatic rings. The third kappa shape index (κ3) is 5.64.